The minimum absolute atomic E-state index is 0.00265. The monoisotopic (exact) mass is 488 g/mol. The van der Waals surface area contributed by atoms with E-state index in [9.17, 15) is 14.4 Å². The summed E-state index contributed by atoms with van der Waals surface area (Å²) in [6.45, 7) is 9.61. The standard InChI is InChI=1S/C28H32N4O4/c1-20(2)8-13-32(23-4-5-24-21(3)18-27(34)36-25(24)19-23)26(33)9-12-30-14-16-31(17-15-30)28(35)22-6-10-29-11-7-22/h4-8,10-11,18-19H,9,12-17H2,1-3H3. The molecule has 4 rings (SSSR count). The number of aromatic nitrogens is 1. The first-order valence-corrected chi connectivity index (χ1v) is 12.2. The van der Waals surface area contributed by atoms with Gasteiger partial charge in [-0.1, -0.05) is 11.6 Å². The number of hydrogen-bond acceptors (Lipinski definition) is 6. The van der Waals surface area contributed by atoms with E-state index in [4.69, 9.17) is 4.42 Å². The fraction of sp³-hybridized carbons (Fsp3) is 0.357. The second-order valence-electron chi connectivity index (χ2n) is 9.33. The van der Waals surface area contributed by atoms with Crippen LogP contribution in [0.1, 0.15) is 36.2 Å². The molecule has 3 aromatic rings. The number of anilines is 1. The van der Waals surface area contributed by atoms with Crippen LogP contribution in [0.5, 0.6) is 0 Å². The van der Waals surface area contributed by atoms with Gasteiger partial charge >= 0.3 is 5.63 Å². The average molecular weight is 489 g/mol. The van der Waals surface area contributed by atoms with E-state index in [1.807, 2.05) is 43.9 Å². The molecule has 1 saturated heterocycles. The normalized spacial score (nSPS) is 14.0. The highest BCUT2D eigenvalue weighted by Gasteiger charge is 2.23. The highest BCUT2D eigenvalue weighted by molar-refractivity contribution is 5.96. The summed E-state index contributed by atoms with van der Waals surface area (Å²) in [4.78, 5) is 47.6. The number of aryl methyl sites for hydroxylation is 1. The Bertz CT molecular complexity index is 1320. The molecule has 2 aromatic heterocycles. The molecule has 0 aliphatic carbocycles. The fourth-order valence-electron chi connectivity index (χ4n) is 4.35. The second kappa shape index (κ2) is 11.3. The third-order valence-corrected chi connectivity index (χ3v) is 6.46. The molecule has 36 heavy (non-hydrogen) atoms. The number of pyridine rings is 1. The Morgan fingerprint density at radius 3 is 2.47 bits per heavy atom. The van der Waals surface area contributed by atoms with Gasteiger partial charge in [-0.05, 0) is 50.6 Å². The maximum atomic E-state index is 13.3. The van der Waals surface area contributed by atoms with E-state index in [2.05, 4.69) is 9.88 Å². The molecule has 2 amide bonds. The highest BCUT2D eigenvalue weighted by Crippen LogP contribution is 2.24. The molecule has 0 bridgehead atoms. The van der Waals surface area contributed by atoms with Gasteiger partial charge in [-0.3, -0.25) is 19.5 Å². The summed E-state index contributed by atoms with van der Waals surface area (Å²) in [5.41, 5.74) is 3.38. The minimum atomic E-state index is -0.402. The lowest BCUT2D eigenvalue weighted by atomic mass is 10.1. The number of piperazine rings is 1. The van der Waals surface area contributed by atoms with Crippen molar-refractivity contribution in [2.75, 3.05) is 44.2 Å². The van der Waals surface area contributed by atoms with Gasteiger partial charge in [0.25, 0.3) is 5.91 Å². The molecule has 1 aliphatic heterocycles. The number of hydrogen-bond donors (Lipinski definition) is 0. The number of carbonyl (C=O) groups excluding carboxylic acids is 2. The van der Waals surface area contributed by atoms with Crippen molar-refractivity contribution < 1.29 is 14.0 Å². The number of benzene rings is 1. The van der Waals surface area contributed by atoms with E-state index in [1.165, 1.54) is 6.07 Å². The summed E-state index contributed by atoms with van der Waals surface area (Å²) in [5.74, 6) is 0.0105. The van der Waals surface area contributed by atoms with Crippen molar-refractivity contribution >= 4 is 28.5 Å². The van der Waals surface area contributed by atoms with E-state index in [0.717, 1.165) is 29.6 Å². The number of fused-ring (bicyclic) bond motifs is 1. The van der Waals surface area contributed by atoms with Crippen molar-refractivity contribution in [2.45, 2.75) is 27.2 Å². The smallest absolute Gasteiger partial charge is 0.336 e. The summed E-state index contributed by atoms with van der Waals surface area (Å²) in [6, 6.07) is 10.5. The van der Waals surface area contributed by atoms with Gasteiger partial charge in [0.2, 0.25) is 5.91 Å². The predicted molar refractivity (Wildman–Crippen MR) is 140 cm³/mol. The van der Waals surface area contributed by atoms with Crippen LogP contribution in [-0.2, 0) is 4.79 Å². The Balaban J connectivity index is 1.41. The number of nitrogens with zero attached hydrogens (tertiary/aromatic N) is 4. The lowest BCUT2D eigenvalue weighted by Gasteiger charge is -2.35. The first-order valence-electron chi connectivity index (χ1n) is 12.2. The van der Waals surface area contributed by atoms with Crippen molar-refractivity contribution in [2.24, 2.45) is 0 Å². The van der Waals surface area contributed by atoms with Gasteiger partial charge in [-0.2, -0.15) is 0 Å². The maximum absolute atomic E-state index is 13.3. The van der Waals surface area contributed by atoms with Crippen molar-refractivity contribution in [1.29, 1.82) is 0 Å². The van der Waals surface area contributed by atoms with Crippen molar-refractivity contribution in [3.8, 4) is 0 Å². The molecule has 8 heteroatoms. The quantitative estimate of drug-likeness (QED) is 0.373. The van der Waals surface area contributed by atoms with Crippen LogP contribution < -0.4 is 10.5 Å². The van der Waals surface area contributed by atoms with Crippen molar-refractivity contribution in [3.05, 3.63) is 82.0 Å². The molecule has 0 saturated carbocycles. The highest BCUT2D eigenvalue weighted by atomic mass is 16.4. The first kappa shape index (κ1) is 25.3. The fourth-order valence-corrected chi connectivity index (χ4v) is 4.35. The Kier molecular flexibility index (Phi) is 7.95. The van der Waals surface area contributed by atoms with E-state index in [1.54, 1.807) is 35.5 Å². The van der Waals surface area contributed by atoms with Crippen LogP contribution in [-0.4, -0.2) is 65.9 Å². The topological polar surface area (TPSA) is 87.0 Å². The molecule has 0 unspecified atom stereocenters. The molecule has 0 atom stereocenters. The molecule has 3 heterocycles. The number of amides is 2. The third-order valence-electron chi connectivity index (χ3n) is 6.46. The van der Waals surface area contributed by atoms with Crippen LogP contribution in [0.15, 0.2) is 69.7 Å². The van der Waals surface area contributed by atoms with Crippen LogP contribution in [0, 0.1) is 6.92 Å². The van der Waals surface area contributed by atoms with E-state index < -0.39 is 5.63 Å². The van der Waals surface area contributed by atoms with E-state index in [-0.39, 0.29) is 11.8 Å². The molecule has 0 N–H and O–H groups in total. The molecule has 0 spiro atoms. The van der Waals surface area contributed by atoms with Gasteiger partial charge in [0.15, 0.2) is 0 Å². The van der Waals surface area contributed by atoms with Crippen LogP contribution >= 0.6 is 0 Å². The zero-order valence-corrected chi connectivity index (χ0v) is 21.1. The van der Waals surface area contributed by atoms with Gasteiger partial charge in [-0.25, -0.2) is 4.79 Å². The SMILES string of the molecule is CC(C)=CCN(C(=O)CCN1CCN(C(=O)c2ccncc2)CC1)c1ccc2c(C)cc(=O)oc2c1. The van der Waals surface area contributed by atoms with Crippen LogP contribution in [0.3, 0.4) is 0 Å². The summed E-state index contributed by atoms with van der Waals surface area (Å²) in [6.07, 6.45) is 5.61. The minimum Gasteiger partial charge on any atom is -0.423 e. The summed E-state index contributed by atoms with van der Waals surface area (Å²) >= 11 is 0. The lowest BCUT2D eigenvalue weighted by Crippen LogP contribution is -2.49. The summed E-state index contributed by atoms with van der Waals surface area (Å²) < 4.78 is 5.40. The molecule has 1 aromatic carbocycles. The van der Waals surface area contributed by atoms with Gasteiger partial charge in [0.1, 0.15) is 5.58 Å². The van der Waals surface area contributed by atoms with E-state index in [0.29, 0.717) is 49.4 Å². The van der Waals surface area contributed by atoms with Crippen molar-refractivity contribution in [1.82, 2.24) is 14.8 Å². The Morgan fingerprint density at radius 1 is 1.06 bits per heavy atom. The lowest BCUT2D eigenvalue weighted by molar-refractivity contribution is -0.118. The van der Waals surface area contributed by atoms with E-state index >= 15 is 0 Å². The van der Waals surface area contributed by atoms with Crippen LogP contribution in [0.25, 0.3) is 11.0 Å². The molecular formula is C28H32N4O4. The van der Waals surface area contributed by atoms with Crippen LogP contribution in [0.2, 0.25) is 0 Å². The zero-order chi connectivity index (χ0) is 25.7. The summed E-state index contributed by atoms with van der Waals surface area (Å²) in [7, 11) is 0. The molecule has 0 radical (unpaired) electrons. The molecule has 1 aliphatic rings. The largest absolute Gasteiger partial charge is 0.423 e. The third kappa shape index (κ3) is 6.07. The van der Waals surface area contributed by atoms with Gasteiger partial charge in [-0.15, -0.1) is 0 Å². The van der Waals surface area contributed by atoms with Crippen molar-refractivity contribution in [3.63, 3.8) is 0 Å². The van der Waals surface area contributed by atoms with Gasteiger partial charge < -0.3 is 14.2 Å². The number of rotatable bonds is 7. The predicted octanol–water partition coefficient (Wildman–Crippen LogP) is 3.64. The van der Waals surface area contributed by atoms with Crippen LogP contribution in [0.4, 0.5) is 5.69 Å². The Labute approximate surface area is 210 Å². The first-order chi connectivity index (χ1) is 17.3. The molecule has 188 valence electrons. The van der Waals surface area contributed by atoms with Gasteiger partial charge in [0, 0.05) is 86.9 Å². The maximum Gasteiger partial charge on any atom is 0.336 e. The Hall–Kier alpha value is -3.78. The molecular weight excluding hydrogens is 456 g/mol. The number of carbonyl (C=O) groups is 2. The number of allylic oxidation sites excluding steroid dienone is 1. The average Bonchev–Trinajstić information content (AvgIpc) is 2.87. The summed E-state index contributed by atoms with van der Waals surface area (Å²) in [5, 5.41) is 0.854. The molecule has 1 fully saturated rings. The molecule has 8 nitrogen and oxygen atoms in total. The van der Waals surface area contributed by atoms with Gasteiger partial charge in [0.05, 0.1) is 0 Å². The zero-order valence-electron chi connectivity index (χ0n) is 21.1. The second-order valence-corrected chi connectivity index (χ2v) is 9.33. The Morgan fingerprint density at radius 2 is 1.78 bits per heavy atom.